The van der Waals surface area contributed by atoms with E-state index in [-0.39, 0.29) is 23.9 Å². The van der Waals surface area contributed by atoms with E-state index in [1.165, 1.54) is 13.1 Å². The highest BCUT2D eigenvalue weighted by atomic mass is 16.6. The van der Waals surface area contributed by atoms with Crippen LogP contribution in [-0.4, -0.2) is 28.7 Å². The van der Waals surface area contributed by atoms with Crippen molar-refractivity contribution in [3.8, 4) is 0 Å². The fourth-order valence-corrected chi connectivity index (χ4v) is 2.12. The van der Waals surface area contributed by atoms with Crippen molar-refractivity contribution in [1.82, 2.24) is 4.90 Å². The molecule has 2 amide bonds. The van der Waals surface area contributed by atoms with Crippen LogP contribution in [0.25, 0.3) is 0 Å². The van der Waals surface area contributed by atoms with Crippen LogP contribution in [0.1, 0.15) is 23.5 Å². The Kier molecular flexibility index (Phi) is 2.86. The molecule has 1 aromatic carbocycles. The van der Waals surface area contributed by atoms with E-state index in [0.29, 0.717) is 5.56 Å². The molecule has 0 saturated carbocycles. The van der Waals surface area contributed by atoms with Crippen LogP contribution < -0.4 is 0 Å². The molecule has 1 unspecified atom stereocenters. The van der Waals surface area contributed by atoms with Gasteiger partial charge in [0.2, 0.25) is 11.8 Å². The Hall–Kier alpha value is -2.24. The van der Waals surface area contributed by atoms with Crippen LogP contribution in [0.5, 0.6) is 0 Å². The minimum atomic E-state index is -0.734. The van der Waals surface area contributed by atoms with Gasteiger partial charge in [-0.2, -0.15) is 0 Å². The standard InChI is InChI=1S/C12H12N2O4/c1-7-3-4-10(14(17)18)8(5-7)9-6-11(15)13(2)12(9)16/h3-5,9H,6H2,1-2H3. The second-order valence-electron chi connectivity index (χ2n) is 4.37. The van der Waals surface area contributed by atoms with Gasteiger partial charge < -0.3 is 0 Å². The summed E-state index contributed by atoms with van der Waals surface area (Å²) >= 11 is 0. The van der Waals surface area contributed by atoms with Crippen LogP contribution in [0.15, 0.2) is 18.2 Å². The Bertz CT molecular complexity index is 553. The fraction of sp³-hybridized carbons (Fsp3) is 0.333. The summed E-state index contributed by atoms with van der Waals surface area (Å²) in [6, 6.07) is 4.60. The molecular formula is C12H12N2O4. The highest BCUT2D eigenvalue weighted by Crippen LogP contribution is 2.34. The Morgan fingerprint density at radius 3 is 2.56 bits per heavy atom. The van der Waals surface area contributed by atoms with E-state index in [1.807, 2.05) is 0 Å². The molecule has 0 radical (unpaired) electrons. The third kappa shape index (κ3) is 1.85. The highest BCUT2D eigenvalue weighted by molar-refractivity contribution is 6.06. The summed E-state index contributed by atoms with van der Waals surface area (Å²) in [4.78, 5) is 34.8. The smallest absolute Gasteiger partial charge is 0.273 e. The normalized spacial score (nSPS) is 19.4. The van der Waals surface area contributed by atoms with Gasteiger partial charge in [0.05, 0.1) is 10.8 Å². The molecule has 6 nitrogen and oxygen atoms in total. The van der Waals surface area contributed by atoms with Gasteiger partial charge in [-0.1, -0.05) is 11.6 Å². The van der Waals surface area contributed by atoms with Crippen LogP contribution in [0.2, 0.25) is 0 Å². The second-order valence-corrected chi connectivity index (χ2v) is 4.37. The van der Waals surface area contributed by atoms with Crippen molar-refractivity contribution < 1.29 is 14.5 Å². The molecule has 0 bridgehead atoms. The second kappa shape index (κ2) is 4.21. The van der Waals surface area contributed by atoms with Gasteiger partial charge >= 0.3 is 0 Å². The lowest BCUT2D eigenvalue weighted by atomic mass is 9.94. The maximum absolute atomic E-state index is 11.9. The number of likely N-dealkylation sites (N-methyl/N-ethyl adjacent to an activating group) is 1. The molecule has 94 valence electrons. The predicted molar refractivity (Wildman–Crippen MR) is 63.0 cm³/mol. The number of aryl methyl sites for hydroxylation is 1. The Labute approximate surface area is 103 Å². The SMILES string of the molecule is Cc1ccc([N+](=O)[O-])c(C2CC(=O)N(C)C2=O)c1. The zero-order chi connectivity index (χ0) is 13.4. The maximum Gasteiger partial charge on any atom is 0.273 e. The molecule has 0 N–H and O–H groups in total. The van der Waals surface area contributed by atoms with Crippen LogP contribution in [0.3, 0.4) is 0 Å². The van der Waals surface area contributed by atoms with Gasteiger partial charge in [0.25, 0.3) is 5.69 Å². The molecule has 1 aliphatic rings. The minimum Gasteiger partial charge on any atom is -0.285 e. The average Bonchev–Trinajstić information content (AvgIpc) is 2.56. The molecule has 1 aromatic rings. The lowest BCUT2D eigenvalue weighted by Crippen LogP contribution is -2.25. The van der Waals surface area contributed by atoms with E-state index < -0.39 is 10.8 Å². The molecule has 18 heavy (non-hydrogen) atoms. The molecule has 6 heteroatoms. The fourth-order valence-electron chi connectivity index (χ4n) is 2.12. The van der Waals surface area contributed by atoms with Crippen molar-refractivity contribution in [2.24, 2.45) is 0 Å². The van der Waals surface area contributed by atoms with Crippen LogP contribution in [0.4, 0.5) is 5.69 Å². The maximum atomic E-state index is 11.9. The molecule has 0 spiro atoms. The Morgan fingerprint density at radius 2 is 2.06 bits per heavy atom. The number of nitro groups is 1. The highest BCUT2D eigenvalue weighted by Gasteiger charge is 2.40. The summed E-state index contributed by atoms with van der Waals surface area (Å²) < 4.78 is 0. The van der Waals surface area contributed by atoms with Crippen LogP contribution in [-0.2, 0) is 9.59 Å². The summed E-state index contributed by atoms with van der Waals surface area (Å²) in [6.45, 7) is 1.79. The number of hydrogen-bond donors (Lipinski definition) is 0. The number of nitro benzene ring substituents is 1. The zero-order valence-electron chi connectivity index (χ0n) is 10.0. The molecule has 2 rings (SSSR count). The molecular weight excluding hydrogens is 236 g/mol. The number of hydrogen-bond acceptors (Lipinski definition) is 4. The van der Waals surface area contributed by atoms with E-state index in [0.717, 1.165) is 10.5 Å². The van der Waals surface area contributed by atoms with Gasteiger partial charge in [-0.25, -0.2) is 0 Å². The van der Waals surface area contributed by atoms with E-state index in [9.17, 15) is 19.7 Å². The summed E-state index contributed by atoms with van der Waals surface area (Å²) in [5.74, 6) is -1.42. The van der Waals surface area contributed by atoms with Crippen molar-refractivity contribution in [2.45, 2.75) is 19.3 Å². The van der Waals surface area contributed by atoms with Crippen LogP contribution in [0, 0.1) is 17.0 Å². The molecule has 1 atom stereocenters. The Balaban J connectivity index is 2.51. The van der Waals surface area contributed by atoms with Crippen LogP contribution >= 0.6 is 0 Å². The van der Waals surface area contributed by atoms with E-state index in [1.54, 1.807) is 19.1 Å². The van der Waals surface area contributed by atoms with Crippen molar-refractivity contribution >= 4 is 17.5 Å². The first-order valence-corrected chi connectivity index (χ1v) is 5.47. The Morgan fingerprint density at radius 1 is 1.39 bits per heavy atom. The summed E-state index contributed by atoms with van der Waals surface area (Å²) in [7, 11) is 1.40. The molecule has 0 aromatic heterocycles. The molecule has 0 aliphatic carbocycles. The molecule has 1 fully saturated rings. The molecule has 1 saturated heterocycles. The molecule has 1 heterocycles. The number of likely N-dealkylation sites (tertiary alicyclic amines) is 1. The molecule has 1 aliphatic heterocycles. The van der Waals surface area contributed by atoms with Crippen molar-refractivity contribution in [3.05, 3.63) is 39.4 Å². The van der Waals surface area contributed by atoms with E-state index in [2.05, 4.69) is 0 Å². The average molecular weight is 248 g/mol. The van der Waals surface area contributed by atoms with Gasteiger partial charge in [0.1, 0.15) is 0 Å². The van der Waals surface area contributed by atoms with E-state index >= 15 is 0 Å². The van der Waals surface area contributed by atoms with Crippen molar-refractivity contribution in [1.29, 1.82) is 0 Å². The summed E-state index contributed by atoms with van der Waals surface area (Å²) in [6.07, 6.45) is -0.000370. The lowest BCUT2D eigenvalue weighted by Gasteiger charge is -2.10. The number of nitrogens with zero attached hydrogens (tertiary/aromatic N) is 2. The van der Waals surface area contributed by atoms with E-state index in [4.69, 9.17) is 0 Å². The number of imide groups is 1. The van der Waals surface area contributed by atoms with Gasteiger partial charge in [0, 0.05) is 25.1 Å². The topological polar surface area (TPSA) is 80.5 Å². The predicted octanol–water partition coefficient (Wildman–Crippen LogP) is 1.38. The van der Waals surface area contributed by atoms with Crippen molar-refractivity contribution in [2.75, 3.05) is 7.05 Å². The van der Waals surface area contributed by atoms with Crippen molar-refractivity contribution in [3.63, 3.8) is 0 Å². The van der Waals surface area contributed by atoms with Gasteiger partial charge in [0.15, 0.2) is 0 Å². The number of carbonyl (C=O) groups is 2. The van der Waals surface area contributed by atoms with Gasteiger partial charge in [-0.05, 0) is 13.0 Å². The lowest BCUT2D eigenvalue weighted by molar-refractivity contribution is -0.385. The number of carbonyl (C=O) groups excluding carboxylic acids is 2. The quantitative estimate of drug-likeness (QED) is 0.450. The van der Waals surface area contributed by atoms with Gasteiger partial charge in [-0.3, -0.25) is 24.6 Å². The summed E-state index contributed by atoms with van der Waals surface area (Å²) in [5, 5.41) is 11.0. The number of amides is 2. The number of benzene rings is 1. The third-order valence-corrected chi connectivity index (χ3v) is 3.14. The first-order valence-electron chi connectivity index (χ1n) is 5.47. The zero-order valence-corrected chi connectivity index (χ0v) is 10.0. The summed E-state index contributed by atoms with van der Waals surface area (Å²) in [5.41, 5.74) is 1.04. The largest absolute Gasteiger partial charge is 0.285 e. The number of rotatable bonds is 2. The first-order chi connectivity index (χ1) is 8.41. The third-order valence-electron chi connectivity index (χ3n) is 3.14. The van der Waals surface area contributed by atoms with Gasteiger partial charge in [-0.15, -0.1) is 0 Å². The first kappa shape index (κ1) is 12.2. The minimum absolute atomic E-state index is 0.000370. The monoisotopic (exact) mass is 248 g/mol.